The molecule has 1 aromatic heterocycles. The minimum absolute atomic E-state index is 0.0685. The molecule has 0 radical (unpaired) electrons. The summed E-state index contributed by atoms with van der Waals surface area (Å²) < 4.78 is 69.9. The molecule has 3 aromatic rings. The Kier molecular flexibility index (Phi) is 6.06. The molecular formula is C20H16ClF3N2O4S. The number of alkyl halides is 3. The summed E-state index contributed by atoms with van der Waals surface area (Å²) in [6, 6.07) is 8.42. The van der Waals surface area contributed by atoms with Crippen LogP contribution in [-0.2, 0) is 22.6 Å². The minimum Gasteiger partial charge on any atom is -0.478 e. The normalized spacial score (nSPS) is 12.0. The van der Waals surface area contributed by atoms with Gasteiger partial charge in [-0.05, 0) is 48.4 Å². The Hall–Kier alpha value is -2.98. The van der Waals surface area contributed by atoms with Crippen LogP contribution in [-0.4, -0.2) is 24.1 Å². The molecule has 11 heteroatoms. The molecule has 0 fully saturated rings. The van der Waals surface area contributed by atoms with Crippen molar-refractivity contribution >= 4 is 33.3 Å². The number of carboxylic acid groups (broad SMARTS) is 1. The van der Waals surface area contributed by atoms with Gasteiger partial charge in [0.25, 0.3) is 10.0 Å². The van der Waals surface area contributed by atoms with Gasteiger partial charge in [0.05, 0.1) is 32.4 Å². The zero-order valence-electron chi connectivity index (χ0n) is 15.9. The van der Waals surface area contributed by atoms with Crippen LogP contribution in [0, 0.1) is 0 Å². The van der Waals surface area contributed by atoms with Crippen LogP contribution in [0.5, 0.6) is 0 Å². The highest BCUT2D eigenvalue weighted by Gasteiger charge is 2.35. The Bertz CT molecular complexity index is 1240. The summed E-state index contributed by atoms with van der Waals surface area (Å²) in [5.74, 6) is -1.34. The Morgan fingerprint density at radius 1 is 1.16 bits per heavy atom. The first-order valence-electron chi connectivity index (χ1n) is 8.87. The molecule has 0 aliphatic heterocycles. The van der Waals surface area contributed by atoms with Gasteiger partial charge in [-0.2, -0.15) is 13.2 Å². The van der Waals surface area contributed by atoms with Crippen LogP contribution < -0.4 is 4.72 Å². The van der Waals surface area contributed by atoms with Crippen molar-refractivity contribution in [2.45, 2.75) is 24.4 Å². The van der Waals surface area contributed by atoms with Crippen molar-refractivity contribution in [2.24, 2.45) is 0 Å². The number of benzene rings is 2. The van der Waals surface area contributed by atoms with Gasteiger partial charge in [-0.15, -0.1) is 0 Å². The van der Waals surface area contributed by atoms with E-state index in [0.29, 0.717) is 11.6 Å². The van der Waals surface area contributed by atoms with E-state index in [9.17, 15) is 31.5 Å². The molecule has 6 nitrogen and oxygen atoms in total. The summed E-state index contributed by atoms with van der Waals surface area (Å²) in [7, 11) is -4.44. The van der Waals surface area contributed by atoms with E-state index in [4.69, 9.17) is 11.6 Å². The molecule has 1 heterocycles. The molecule has 0 atom stereocenters. The van der Waals surface area contributed by atoms with Gasteiger partial charge < -0.3 is 9.67 Å². The van der Waals surface area contributed by atoms with E-state index in [2.05, 4.69) is 4.72 Å². The van der Waals surface area contributed by atoms with Crippen molar-refractivity contribution in [2.75, 3.05) is 4.72 Å². The number of carbonyl (C=O) groups is 1. The van der Waals surface area contributed by atoms with Crippen molar-refractivity contribution in [3.63, 3.8) is 0 Å². The lowest BCUT2D eigenvalue weighted by atomic mass is 10.1. The zero-order chi connectivity index (χ0) is 23.0. The number of carboxylic acids is 1. The van der Waals surface area contributed by atoms with Gasteiger partial charge >= 0.3 is 12.1 Å². The van der Waals surface area contributed by atoms with Crippen LogP contribution in [0.15, 0.2) is 59.8 Å². The van der Waals surface area contributed by atoms with Crippen LogP contribution in [0.3, 0.4) is 0 Å². The molecular weight excluding hydrogens is 457 g/mol. The van der Waals surface area contributed by atoms with Crippen LogP contribution in [0.25, 0.3) is 5.69 Å². The number of aryl methyl sites for hydroxylation is 1. The molecule has 0 aliphatic carbocycles. The molecule has 0 unspecified atom stereocenters. The molecule has 0 saturated heterocycles. The second-order valence-corrected chi connectivity index (χ2v) is 8.58. The van der Waals surface area contributed by atoms with Crippen molar-refractivity contribution in [3.05, 3.63) is 76.6 Å². The number of hydrogen-bond donors (Lipinski definition) is 2. The molecule has 0 saturated carbocycles. The number of aromatic nitrogens is 1. The number of aromatic carboxylic acids is 1. The van der Waals surface area contributed by atoms with E-state index in [-0.39, 0.29) is 28.3 Å². The number of hydrogen-bond acceptors (Lipinski definition) is 3. The predicted octanol–water partition coefficient (Wildman–Crippen LogP) is 5.21. The highest BCUT2D eigenvalue weighted by atomic mass is 35.5. The number of rotatable bonds is 6. The van der Waals surface area contributed by atoms with Gasteiger partial charge in [0.2, 0.25) is 0 Å². The second-order valence-electron chi connectivity index (χ2n) is 6.52. The second kappa shape index (κ2) is 8.27. The van der Waals surface area contributed by atoms with Gasteiger partial charge in [-0.3, -0.25) is 4.72 Å². The number of anilines is 1. The zero-order valence-corrected chi connectivity index (χ0v) is 17.5. The summed E-state index contributed by atoms with van der Waals surface area (Å²) in [5, 5.41) is 8.60. The fourth-order valence-electron chi connectivity index (χ4n) is 3.00. The Labute approximate surface area is 180 Å². The maximum Gasteiger partial charge on any atom is 0.417 e. The summed E-state index contributed by atoms with van der Waals surface area (Å²) >= 11 is 5.82. The molecule has 2 aromatic carbocycles. The van der Waals surface area contributed by atoms with E-state index in [0.717, 1.165) is 12.1 Å². The monoisotopic (exact) mass is 472 g/mol. The Morgan fingerprint density at radius 3 is 2.35 bits per heavy atom. The maximum absolute atomic E-state index is 13.4. The van der Waals surface area contributed by atoms with Crippen molar-refractivity contribution in [3.8, 4) is 5.69 Å². The molecule has 164 valence electrons. The summed E-state index contributed by atoms with van der Waals surface area (Å²) in [5.41, 5.74) is -1.46. The van der Waals surface area contributed by atoms with E-state index >= 15 is 0 Å². The van der Waals surface area contributed by atoms with E-state index in [1.807, 2.05) is 0 Å². The highest BCUT2D eigenvalue weighted by molar-refractivity contribution is 7.92. The molecule has 0 spiro atoms. The lowest BCUT2D eigenvalue weighted by molar-refractivity contribution is -0.137. The first-order chi connectivity index (χ1) is 14.4. The van der Waals surface area contributed by atoms with Gasteiger partial charge in [-0.25, -0.2) is 13.2 Å². The Morgan fingerprint density at radius 2 is 1.81 bits per heavy atom. The highest BCUT2D eigenvalue weighted by Crippen LogP contribution is 2.39. The first kappa shape index (κ1) is 22.7. The quantitative estimate of drug-likeness (QED) is 0.515. The summed E-state index contributed by atoms with van der Waals surface area (Å²) in [6.07, 6.45) is -1.53. The van der Waals surface area contributed by atoms with Gasteiger partial charge in [-0.1, -0.05) is 24.6 Å². The molecule has 3 rings (SSSR count). The molecule has 2 N–H and O–H groups in total. The topological polar surface area (TPSA) is 88.4 Å². The Balaban J connectivity index is 2.19. The van der Waals surface area contributed by atoms with Gasteiger partial charge in [0.15, 0.2) is 0 Å². The number of nitrogens with zero attached hydrogens (tertiary/aromatic N) is 1. The third-order valence-electron chi connectivity index (χ3n) is 4.50. The smallest absolute Gasteiger partial charge is 0.417 e. The van der Waals surface area contributed by atoms with Crippen LogP contribution >= 0.6 is 11.6 Å². The van der Waals surface area contributed by atoms with Gasteiger partial charge in [0.1, 0.15) is 0 Å². The summed E-state index contributed by atoms with van der Waals surface area (Å²) in [6.45, 7) is 1.67. The molecule has 0 amide bonds. The minimum atomic E-state index is -4.82. The fraction of sp³-hybridized carbons (Fsp3) is 0.150. The number of nitrogens with one attached hydrogen (secondary N) is 1. The van der Waals surface area contributed by atoms with Crippen LogP contribution in [0.1, 0.15) is 28.4 Å². The third-order valence-corrected chi connectivity index (χ3v) is 6.26. The first-order valence-corrected chi connectivity index (χ1v) is 10.7. The van der Waals surface area contributed by atoms with E-state index in [1.54, 1.807) is 19.1 Å². The number of sulfonamides is 1. The third kappa shape index (κ3) is 4.70. The lowest BCUT2D eigenvalue weighted by Gasteiger charge is -2.18. The standard InChI is InChI=1S/C20H16ClF3N2O4S/c1-2-12-5-6-13(19(27)28)9-18(12)31(29,30)25-16-10-14(20(22,23)24)15(21)11-17(16)26-7-3-4-8-26/h3-11,25H,2H2,1H3,(H,27,28). The fourth-order valence-corrected chi connectivity index (χ4v) is 4.67. The molecule has 0 bridgehead atoms. The van der Waals surface area contributed by atoms with Crippen molar-refractivity contribution in [1.82, 2.24) is 4.57 Å². The number of halogens is 4. The maximum atomic E-state index is 13.4. The van der Waals surface area contributed by atoms with Crippen LogP contribution in [0.2, 0.25) is 5.02 Å². The van der Waals surface area contributed by atoms with Crippen LogP contribution in [0.4, 0.5) is 18.9 Å². The molecule has 0 aliphatic rings. The van der Waals surface area contributed by atoms with E-state index < -0.39 is 32.8 Å². The van der Waals surface area contributed by atoms with Crippen molar-refractivity contribution < 1.29 is 31.5 Å². The van der Waals surface area contributed by atoms with Gasteiger partial charge in [0, 0.05) is 12.4 Å². The molecule has 31 heavy (non-hydrogen) atoms. The largest absolute Gasteiger partial charge is 0.478 e. The van der Waals surface area contributed by atoms with Crippen molar-refractivity contribution in [1.29, 1.82) is 0 Å². The lowest BCUT2D eigenvalue weighted by Crippen LogP contribution is -2.18. The average Bonchev–Trinajstić information content (AvgIpc) is 3.22. The SMILES string of the molecule is CCc1ccc(C(=O)O)cc1S(=O)(=O)Nc1cc(C(F)(F)F)c(Cl)cc1-n1cccc1. The summed E-state index contributed by atoms with van der Waals surface area (Å²) in [4.78, 5) is 10.9. The average molecular weight is 473 g/mol. The predicted molar refractivity (Wildman–Crippen MR) is 109 cm³/mol. The van der Waals surface area contributed by atoms with E-state index in [1.165, 1.54) is 29.1 Å².